The Bertz CT molecular complexity index is 4950. The average Bonchev–Trinajstić information content (AvgIpc) is 4.29. The molecule has 19 rings (SSSR count). The van der Waals surface area contributed by atoms with Crippen LogP contribution in [0, 0.1) is 0 Å². The van der Waals surface area contributed by atoms with Crippen LogP contribution >= 0.6 is 0 Å². The van der Waals surface area contributed by atoms with E-state index in [1.54, 1.807) is 0 Å². The van der Waals surface area contributed by atoms with Crippen LogP contribution in [0.4, 0.5) is 0 Å². The zero-order valence-electron chi connectivity index (χ0n) is 38.8. The lowest BCUT2D eigenvalue weighted by Gasteiger charge is -2.25. The monoisotopic (exact) mass is 909 g/mol. The van der Waals surface area contributed by atoms with Gasteiger partial charge in [-0.3, -0.25) is 0 Å². The highest BCUT2D eigenvalue weighted by molar-refractivity contribution is 6.92. The van der Waals surface area contributed by atoms with E-state index < -0.39 is 0 Å². The maximum absolute atomic E-state index is 6.28. The lowest BCUT2D eigenvalue weighted by atomic mass is 9.50. The summed E-state index contributed by atoms with van der Waals surface area (Å²) in [6.07, 6.45) is 0. The van der Waals surface area contributed by atoms with E-state index in [-0.39, 0.29) is 13.7 Å². The molecular weight excluding hydrogens is 872 g/mol. The van der Waals surface area contributed by atoms with Crippen LogP contribution in [0.25, 0.3) is 138 Å². The van der Waals surface area contributed by atoms with E-state index in [1.165, 1.54) is 148 Å². The Kier molecular flexibility index (Phi) is 6.97. The van der Waals surface area contributed by atoms with Crippen molar-refractivity contribution in [2.24, 2.45) is 0 Å². The molecule has 0 saturated carbocycles. The molecule has 0 fully saturated rings. The van der Waals surface area contributed by atoms with Gasteiger partial charge in [-0.25, -0.2) is 0 Å². The van der Waals surface area contributed by atoms with Crippen molar-refractivity contribution in [3.63, 3.8) is 0 Å². The molecule has 6 heteroatoms. The van der Waals surface area contributed by atoms with E-state index in [9.17, 15) is 0 Å². The molecule has 0 unspecified atom stereocenters. The number of fused-ring (bicyclic) bond motifs is 24. The van der Waals surface area contributed by atoms with Crippen molar-refractivity contribution in [2.45, 2.75) is 0 Å². The van der Waals surface area contributed by atoms with Crippen molar-refractivity contribution in [2.75, 3.05) is 0 Å². The van der Waals surface area contributed by atoms with Gasteiger partial charge in [-0.1, -0.05) is 176 Å². The molecule has 72 heavy (non-hydrogen) atoms. The Morgan fingerprint density at radius 2 is 0.764 bits per heavy atom. The SMILES string of the molecule is c1cc2c3c(c1)-c1cccc4c5ccccc5n(c14)B3c1ccc3oc4ccccc4c3c1-2.c1ccc(-n2c3ccccc3c3c4c(ccc32)B2c3c-4cccc3-c3cccc4c5ccccc5n2c34)cc1. The molecule has 8 heterocycles. The maximum Gasteiger partial charge on any atom is 0.330 e. The summed E-state index contributed by atoms with van der Waals surface area (Å²) in [4.78, 5) is 0. The molecule has 4 aliphatic heterocycles. The first kappa shape index (κ1) is 37.6. The molecule has 4 nitrogen and oxygen atoms in total. The number of hydrogen-bond donors (Lipinski definition) is 0. The van der Waals surface area contributed by atoms with Gasteiger partial charge in [0.05, 0.1) is 11.0 Å². The van der Waals surface area contributed by atoms with E-state index in [0.29, 0.717) is 0 Å². The molecule has 11 aromatic carbocycles. The highest BCUT2D eigenvalue weighted by atomic mass is 16.3. The summed E-state index contributed by atoms with van der Waals surface area (Å²) in [6.45, 7) is 0.327. The van der Waals surface area contributed by atoms with Crippen molar-refractivity contribution in [1.82, 2.24) is 13.5 Å². The Morgan fingerprint density at radius 3 is 1.40 bits per heavy atom. The number of aromatic nitrogens is 3. The first-order valence-corrected chi connectivity index (χ1v) is 25.2. The van der Waals surface area contributed by atoms with Crippen LogP contribution in [0.15, 0.2) is 229 Å². The van der Waals surface area contributed by atoms with E-state index >= 15 is 0 Å². The van der Waals surface area contributed by atoms with E-state index in [2.05, 4.69) is 232 Å². The van der Waals surface area contributed by atoms with Crippen molar-refractivity contribution in [1.29, 1.82) is 0 Å². The summed E-state index contributed by atoms with van der Waals surface area (Å²) in [5.41, 5.74) is 27.4. The molecule has 4 aliphatic rings. The predicted octanol–water partition coefficient (Wildman–Crippen LogP) is 13.8. The highest BCUT2D eigenvalue weighted by Crippen LogP contribution is 2.48. The molecule has 0 amide bonds. The number of furan rings is 1. The molecule has 0 aliphatic carbocycles. The minimum atomic E-state index is 0.159. The van der Waals surface area contributed by atoms with Gasteiger partial charge in [0.25, 0.3) is 0 Å². The lowest BCUT2D eigenvalue weighted by Crippen LogP contribution is -2.47. The van der Waals surface area contributed by atoms with Crippen LogP contribution in [0.1, 0.15) is 0 Å². The third-order valence-electron chi connectivity index (χ3n) is 16.9. The second kappa shape index (κ2) is 13.3. The van der Waals surface area contributed by atoms with Crippen LogP contribution < -0.4 is 21.9 Å². The summed E-state index contributed by atoms with van der Waals surface area (Å²) in [5, 5.41) is 10.4. The van der Waals surface area contributed by atoms with Gasteiger partial charge in [-0.2, -0.15) is 0 Å². The topological polar surface area (TPSA) is 27.9 Å². The average molecular weight is 910 g/mol. The summed E-state index contributed by atoms with van der Waals surface area (Å²) < 4.78 is 13.9. The predicted molar refractivity (Wildman–Crippen MR) is 303 cm³/mol. The van der Waals surface area contributed by atoms with Crippen molar-refractivity contribution < 1.29 is 4.42 Å². The van der Waals surface area contributed by atoms with Gasteiger partial charge in [-0.15, -0.1) is 0 Å². The van der Waals surface area contributed by atoms with Crippen LogP contribution in [-0.4, -0.2) is 27.2 Å². The van der Waals surface area contributed by atoms with Crippen LogP contribution in [0.3, 0.4) is 0 Å². The molecule has 0 saturated heterocycles. The maximum atomic E-state index is 6.28. The second-order valence-corrected chi connectivity index (χ2v) is 20.1. The molecule has 328 valence electrons. The minimum absolute atomic E-state index is 0.159. The normalized spacial score (nSPS) is 13.2. The van der Waals surface area contributed by atoms with Gasteiger partial charge < -0.3 is 17.9 Å². The van der Waals surface area contributed by atoms with E-state index in [4.69, 9.17) is 4.42 Å². The lowest BCUT2D eigenvalue weighted by molar-refractivity contribution is 0.669. The Morgan fingerprint density at radius 1 is 0.292 bits per heavy atom. The van der Waals surface area contributed by atoms with Gasteiger partial charge >= 0.3 is 13.7 Å². The smallest absolute Gasteiger partial charge is 0.330 e. The summed E-state index contributed by atoms with van der Waals surface area (Å²) in [6, 6.07) is 82.4. The molecule has 0 spiro atoms. The first-order chi connectivity index (χ1) is 35.8. The fourth-order valence-electron chi connectivity index (χ4n) is 14.3. The number of nitrogens with zero attached hydrogens (tertiary/aromatic N) is 3. The molecule has 0 bridgehead atoms. The van der Waals surface area contributed by atoms with Crippen molar-refractivity contribution in [3.05, 3.63) is 224 Å². The quantitative estimate of drug-likeness (QED) is 0.151. The summed E-state index contributed by atoms with van der Waals surface area (Å²) >= 11 is 0. The zero-order chi connectivity index (χ0) is 46.5. The first-order valence-electron chi connectivity index (χ1n) is 25.2. The Hall–Kier alpha value is -9.25. The van der Waals surface area contributed by atoms with Crippen molar-refractivity contribution >= 4 is 123 Å². The number of hydrogen-bond acceptors (Lipinski definition) is 1. The Labute approximate surface area is 413 Å². The third kappa shape index (κ3) is 4.45. The van der Waals surface area contributed by atoms with Crippen LogP contribution in [-0.2, 0) is 0 Å². The van der Waals surface area contributed by atoms with Gasteiger partial charge in [0.15, 0.2) is 0 Å². The zero-order valence-corrected chi connectivity index (χ0v) is 38.8. The third-order valence-corrected chi connectivity index (χ3v) is 16.9. The standard InChI is InChI=1S/C36H21BN2.C30H16BNO/c1-2-10-22(11-3-1)38-30-18-6-5-13-27(30)34-32(38)21-20-29-33(34)28-17-8-14-24-26-16-9-15-25-23-12-4-7-19-31(23)39(36(25)26)37(29)35(24)28;1-3-13-24-17(7-1)19-10-6-11-20-18-9-5-12-22-27-23(31(29(18)22)32(24)30(19)20)15-16-26-28(27)21-8-2-4-14-25(21)33-26/h1-21H;1-16H. The van der Waals surface area contributed by atoms with Crippen LogP contribution in [0.2, 0.25) is 0 Å². The van der Waals surface area contributed by atoms with Gasteiger partial charge in [0.1, 0.15) is 11.2 Å². The molecule has 4 aromatic heterocycles. The van der Waals surface area contributed by atoms with Gasteiger partial charge in [-0.05, 0) is 104 Å². The van der Waals surface area contributed by atoms with E-state index in [1.807, 2.05) is 6.07 Å². The van der Waals surface area contributed by atoms with Gasteiger partial charge in [0, 0.05) is 82.0 Å². The Balaban J connectivity index is 0.000000117. The second-order valence-electron chi connectivity index (χ2n) is 20.1. The van der Waals surface area contributed by atoms with Crippen molar-refractivity contribution in [3.8, 4) is 50.2 Å². The summed E-state index contributed by atoms with van der Waals surface area (Å²) in [5.74, 6) is 0. The molecule has 0 N–H and O–H groups in total. The molecular formula is C66H37B2N3O. The highest BCUT2D eigenvalue weighted by Gasteiger charge is 2.44. The number of para-hydroxylation sites is 7. The fourth-order valence-corrected chi connectivity index (χ4v) is 14.3. The van der Waals surface area contributed by atoms with E-state index in [0.717, 1.165) is 11.2 Å². The van der Waals surface area contributed by atoms with Crippen LogP contribution in [0.5, 0.6) is 0 Å². The largest absolute Gasteiger partial charge is 0.456 e. The molecule has 0 radical (unpaired) electrons. The molecule has 15 aromatic rings. The summed E-state index contributed by atoms with van der Waals surface area (Å²) in [7, 11) is 0. The number of rotatable bonds is 1. The fraction of sp³-hybridized carbons (Fsp3) is 0. The number of benzene rings is 11. The molecule has 0 atom stereocenters. The minimum Gasteiger partial charge on any atom is -0.456 e. The van der Waals surface area contributed by atoms with Gasteiger partial charge in [0.2, 0.25) is 0 Å².